The van der Waals surface area contributed by atoms with Crippen LogP contribution in [0.3, 0.4) is 0 Å². The van der Waals surface area contributed by atoms with Crippen molar-refractivity contribution in [1.29, 1.82) is 0 Å². The number of ether oxygens (including phenoxy) is 1. The molecule has 0 saturated heterocycles. The molecular weight excluding hydrogens is 414 g/mol. The van der Waals surface area contributed by atoms with Crippen LogP contribution in [0.2, 0.25) is 5.02 Å². The summed E-state index contributed by atoms with van der Waals surface area (Å²) in [5.74, 6) is -0.878. The number of rotatable bonds is 9. The zero-order chi connectivity index (χ0) is 22.3. The highest BCUT2D eigenvalue weighted by molar-refractivity contribution is 6.32. The first kappa shape index (κ1) is 22.8. The summed E-state index contributed by atoms with van der Waals surface area (Å²) in [6.07, 6.45) is 1.05. The van der Waals surface area contributed by atoms with Crippen LogP contribution < -0.4 is 15.4 Å². The number of nitro benzene ring substituents is 1. The van der Waals surface area contributed by atoms with Gasteiger partial charge < -0.3 is 15.4 Å². The van der Waals surface area contributed by atoms with Gasteiger partial charge in [0.05, 0.1) is 10.5 Å². The second-order valence-corrected chi connectivity index (χ2v) is 6.73. The molecule has 0 aliphatic rings. The molecule has 0 atom stereocenters. The van der Waals surface area contributed by atoms with Crippen molar-refractivity contribution >= 4 is 46.3 Å². The Balaban J connectivity index is 2.06. The van der Waals surface area contributed by atoms with Crippen molar-refractivity contribution < 1.29 is 24.0 Å². The topological polar surface area (TPSA) is 128 Å². The lowest BCUT2D eigenvalue weighted by atomic mass is 10.1. The molecule has 0 spiro atoms. The van der Waals surface area contributed by atoms with E-state index in [0.29, 0.717) is 18.5 Å². The van der Waals surface area contributed by atoms with Crippen molar-refractivity contribution in [3.05, 3.63) is 57.1 Å². The van der Waals surface area contributed by atoms with Gasteiger partial charge in [0.25, 0.3) is 11.6 Å². The van der Waals surface area contributed by atoms with Gasteiger partial charge in [0.2, 0.25) is 5.91 Å². The molecule has 2 aromatic rings. The van der Waals surface area contributed by atoms with E-state index in [-0.39, 0.29) is 39.4 Å². The SMILES string of the molecule is CCCC(=O)Nc1ccc(OCC(=O)Nc2ccc(Cl)c([N+](=O)[O-])c2)c(C(C)=O)c1. The molecule has 2 amide bonds. The van der Waals surface area contributed by atoms with Crippen LogP contribution in [0.1, 0.15) is 37.0 Å². The average molecular weight is 434 g/mol. The summed E-state index contributed by atoms with van der Waals surface area (Å²) in [6.45, 7) is 2.79. The van der Waals surface area contributed by atoms with E-state index in [1.54, 1.807) is 6.07 Å². The van der Waals surface area contributed by atoms with Gasteiger partial charge in [-0.05, 0) is 43.7 Å². The normalized spacial score (nSPS) is 10.2. The summed E-state index contributed by atoms with van der Waals surface area (Å²) < 4.78 is 5.44. The fourth-order valence-electron chi connectivity index (χ4n) is 2.53. The van der Waals surface area contributed by atoms with Gasteiger partial charge in [-0.1, -0.05) is 18.5 Å². The van der Waals surface area contributed by atoms with Crippen LogP contribution in [0, 0.1) is 10.1 Å². The highest BCUT2D eigenvalue weighted by atomic mass is 35.5. The molecule has 0 aliphatic carbocycles. The number of nitro groups is 1. The summed E-state index contributed by atoms with van der Waals surface area (Å²) in [7, 11) is 0. The third kappa shape index (κ3) is 6.28. The molecule has 0 bridgehead atoms. The highest BCUT2D eigenvalue weighted by Crippen LogP contribution is 2.27. The zero-order valence-corrected chi connectivity index (χ0v) is 17.1. The highest BCUT2D eigenvalue weighted by Gasteiger charge is 2.16. The summed E-state index contributed by atoms with van der Waals surface area (Å²) in [5, 5.41) is 16.0. The van der Waals surface area contributed by atoms with Crippen molar-refractivity contribution in [1.82, 2.24) is 0 Å². The molecule has 0 saturated carbocycles. The predicted molar refractivity (Wildman–Crippen MR) is 112 cm³/mol. The van der Waals surface area contributed by atoms with Crippen LogP contribution in [0.4, 0.5) is 17.1 Å². The third-order valence-corrected chi connectivity index (χ3v) is 4.22. The van der Waals surface area contributed by atoms with Crippen LogP contribution in [0.15, 0.2) is 36.4 Å². The molecule has 0 fully saturated rings. The molecule has 10 heteroatoms. The molecule has 2 aromatic carbocycles. The quantitative estimate of drug-likeness (QED) is 0.346. The number of amides is 2. The number of Topliss-reactive ketones (excluding diaryl/α,β-unsaturated/α-hetero) is 1. The van der Waals surface area contributed by atoms with E-state index in [1.807, 2.05) is 6.92 Å². The summed E-state index contributed by atoms with van der Waals surface area (Å²) in [6, 6.07) is 8.38. The number of halogens is 1. The molecule has 0 radical (unpaired) electrons. The number of anilines is 2. The molecule has 158 valence electrons. The Hall–Kier alpha value is -3.46. The summed E-state index contributed by atoms with van der Waals surface area (Å²) in [4.78, 5) is 46.1. The lowest BCUT2D eigenvalue weighted by molar-refractivity contribution is -0.384. The Morgan fingerprint density at radius 2 is 1.70 bits per heavy atom. The largest absolute Gasteiger partial charge is 0.483 e. The van der Waals surface area contributed by atoms with E-state index in [4.69, 9.17) is 16.3 Å². The minimum atomic E-state index is -0.658. The number of nitrogens with zero attached hydrogens (tertiary/aromatic N) is 1. The van der Waals surface area contributed by atoms with E-state index >= 15 is 0 Å². The molecule has 2 rings (SSSR count). The van der Waals surface area contributed by atoms with Gasteiger partial charge in [0, 0.05) is 23.9 Å². The first-order valence-electron chi connectivity index (χ1n) is 9.02. The number of hydrogen-bond acceptors (Lipinski definition) is 6. The van der Waals surface area contributed by atoms with E-state index < -0.39 is 17.4 Å². The van der Waals surface area contributed by atoms with Gasteiger partial charge in [-0.2, -0.15) is 0 Å². The van der Waals surface area contributed by atoms with E-state index in [1.165, 1.54) is 31.2 Å². The van der Waals surface area contributed by atoms with Crippen molar-refractivity contribution in [3.8, 4) is 5.75 Å². The maximum absolute atomic E-state index is 12.1. The first-order chi connectivity index (χ1) is 14.2. The van der Waals surface area contributed by atoms with Gasteiger partial charge in [-0.25, -0.2) is 0 Å². The monoisotopic (exact) mass is 433 g/mol. The molecule has 0 heterocycles. The molecular formula is C20H20ClN3O6. The second-order valence-electron chi connectivity index (χ2n) is 6.33. The van der Waals surface area contributed by atoms with Crippen LogP contribution in [-0.4, -0.2) is 29.1 Å². The smallest absolute Gasteiger partial charge is 0.289 e. The summed E-state index contributed by atoms with van der Waals surface area (Å²) >= 11 is 5.74. The predicted octanol–water partition coefficient (Wildman–Crippen LogP) is 4.21. The van der Waals surface area contributed by atoms with E-state index in [9.17, 15) is 24.5 Å². The molecule has 9 nitrogen and oxygen atoms in total. The Morgan fingerprint density at radius 1 is 1.07 bits per heavy atom. The molecule has 0 aliphatic heterocycles. The molecule has 0 unspecified atom stereocenters. The standard InChI is InChI=1S/C20H20ClN3O6/c1-3-4-19(26)22-13-6-8-18(15(9-13)12(2)25)30-11-20(27)23-14-5-7-16(21)17(10-14)24(28)29/h5-10H,3-4,11H2,1-2H3,(H,22,26)(H,23,27). The van der Waals surface area contributed by atoms with Gasteiger partial charge in [0.15, 0.2) is 12.4 Å². The van der Waals surface area contributed by atoms with Crippen molar-refractivity contribution in [2.45, 2.75) is 26.7 Å². The van der Waals surface area contributed by atoms with Gasteiger partial charge >= 0.3 is 0 Å². The summed E-state index contributed by atoms with van der Waals surface area (Å²) in [5.41, 5.74) is 0.499. The Labute approximate surface area is 177 Å². The van der Waals surface area contributed by atoms with Crippen molar-refractivity contribution in [2.75, 3.05) is 17.2 Å². The van der Waals surface area contributed by atoms with E-state index in [2.05, 4.69) is 10.6 Å². The average Bonchev–Trinajstić information content (AvgIpc) is 2.68. The Kier molecular flexibility index (Phi) is 7.88. The third-order valence-electron chi connectivity index (χ3n) is 3.91. The van der Waals surface area contributed by atoms with Gasteiger partial charge in [-0.15, -0.1) is 0 Å². The molecule has 0 aromatic heterocycles. The number of benzene rings is 2. The number of nitrogens with one attached hydrogen (secondary N) is 2. The van der Waals surface area contributed by atoms with Crippen molar-refractivity contribution in [3.63, 3.8) is 0 Å². The minimum absolute atomic E-state index is 0.0496. The fraction of sp³-hybridized carbons (Fsp3) is 0.250. The number of carbonyl (C=O) groups is 3. The maximum Gasteiger partial charge on any atom is 0.289 e. The lowest BCUT2D eigenvalue weighted by Gasteiger charge is -2.12. The fourth-order valence-corrected chi connectivity index (χ4v) is 2.72. The maximum atomic E-state index is 12.1. The van der Waals surface area contributed by atoms with Crippen LogP contribution in [0.25, 0.3) is 0 Å². The Bertz CT molecular complexity index is 993. The molecule has 30 heavy (non-hydrogen) atoms. The van der Waals surface area contributed by atoms with Crippen molar-refractivity contribution in [2.24, 2.45) is 0 Å². The van der Waals surface area contributed by atoms with Crippen LogP contribution in [-0.2, 0) is 9.59 Å². The molecule has 2 N–H and O–H groups in total. The number of carbonyl (C=O) groups excluding carboxylic acids is 3. The number of ketones is 1. The van der Waals surface area contributed by atoms with Crippen LogP contribution in [0.5, 0.6) is 5.75 Å². The first-order valence-corrected chi connectivity index (χ1v) is 9.40. The van der Waals surface area contributed by atoms with Crippen LogP contribution >= 0.6 is 11.6 Å². The Morgan fingerprint density at radius 3 is 2.33 bits per heavy atom. The minimum Gasteiger partial charge on any atom is -0.483 e. The lowest BCUT2D eigenvalue weighted by Crippen LogP contribution is -2.21. The second kappa shape index (κ2) is 10.4. The number of hydrogen-bond donors (Lipinski definition) is 2. The van der Waals surface area contributed by atoms with Gasteiger partial charge in [0.1, 0.15) is 10.8 Å². The zero-order valence-electron chi connectivity index (χ0n) is 16.4. The van der Waals surface area contributed by atoms with E-state index in [0.717, 1.165) is 6.07 Å². The van der Waals surface area contributed by atoms with Gasteiger partial charge in [-0.3, -0.25) is 24.5 Å².